The second-order valence-corrected chi connectivity index (χ2v) is 4.47. The lowest BCUT2D eigenvalue weighted by atomic mass is 9.99. The second kappa shape index (κ2) is 3.49. The Morgan fingerprint density at radius 1 is 1.12 bits per heavy atom. The number of fused-ring (bicyclic) bond motifs is 1. The van der Waals surface area contributed by atoms with Crippen LogP contribution in [-0.4, -0.2) is 5.11 Å². The lowest BCUT2D eigenvalue weighted by Crippen LogP contribution is -1.98. The van der Waals surface area contributed by atoms with Crippen LogP contribution in [0.1, 0.15) is 11.1 Å². The van der Waals surface area contributed by atoms with Crippen molar-refractivity contribution in [3.63, 3.8) is 0 Å². The van der Waals surface area contributed by atoms with E-state index in [1.165, 1.54) is 0 Å². The summed E-state index contributed by atoms with van der Waals surface area (Å²) in [5.74, 6) is 0.201. The smallest absolute Gasteiger partial charge is 0.128 e. The molecule has 16 heavy (non-hydrogen) atoms. The molecule has 2 aromatic carbocycles. The topological polar surface area (TPSA) is 72.3 Å². The minimum atomic E-state index is 0.201. The van der Waals surface area contributed by atoms with Crippen molar-refractivity contribution >= 4 is 34.8 Å². The molecule has 0 aliphatic heterocycles. The summed E-state index contributed by atoms with van der Waals surface area (Å²) in [4.78, 5) is 0.632. The molecular formula is C12H14N2OS. The normalized spacial score (nSPS) is 10.9. The summed E-state index contributed by atoms with van der Waals surface area (Å²) in [7, 11) is 0. The van der Waals surface area contributed by atoms with Gasteiger partial charge in [0.2, 0.25) is 0 Å². The standard InChI is InChI=1S/C12H14N2OS/c1-5-3-7-4-8(16)10(13)11(14)9(7)12(15)6(5)2/h3-4,15-16H,13-14H2,1-2H3. The van der Waals surface area contributed by atoms with E-state index in [9.17, 15) is 5.11 Å². The minimum Gasteiger partial charge on any atom is -0.507 e. The van der Waals surface area contributed by atoms with Crippen LogP contribution in [0, 0.1) is 13.8 Å². The molecule has 0 heterocycles. The summed E-state index contributed by atoms with van der Waals surface area (Å²) in [5.41, 5.74) is 14.3. The average molecular weight is 234 g/mol. The molecule has 0 aliphatic carbocycles. The maximum atomic E-state index is 10.1. The van der Waals surface area contributed by atoms with Gasteiger partial charge in [0.1, 0.15) is 5.75 Å². The largest absolute Gasteiger partial charge is 0.507 e. The third-order valence-corrected chi connectivity index (χ3v) is 3.34. The number of phenols is 1. The highest BCUT2D eigenvalue weighted by atomic mass is 32.1. The highest BCUT2D eigenvalue weighted by molar-refractivity contribution is 7.80. The summed E-state index contributed by atoms with van der Waals surface area (Å²) in [5, 5.41) is 11.5. The van der Waals surface area contributed by atoms with Gasteiger partial charge >= 0.3 is 0 Å². The first-order chi connectivity index (χ1) is 7.43. The van der Waals surface area contributed by atoms with E-state index >= 15 is 0 Å². The molecule has 0 spiro atoms. The molecule has 0 saturated heterocycles. The first-order valence-corrected chi connectivity index (χ1v) is 5.38. The van der Waals surface area contributed by atoms with Crippen molar-refractivity contribution in [1.82, 2.24) is 0 Å². The highest BCUT2D eigenvalue weighted by Gasteiger charge is 2.13. The Balaban J connectivity index is 3.03. The molecule has 0 aliphatic rings. The van der Waals surface area contributed by atoms with Gasteiger partial charge in [0, 0.05) is 10.3 Å². The number of rotatable bonds is 0. The van der Waals surface area contributed by atoms with Crippen molar-refractivity contribution in [1.29, 1.82) is 0 Å². The third-order valence-electron chi connectivity index (χ3n) is 2.97. The van der Waals surface area contributed by atoms with Crippen LogP contribution in [0.3, 0.4) is 0 Å². The van der Waals surface area contributed by atoms with Gasteiger partial charge < -0.3 is 16.6 Å². The molecular weight excluding hydrogens is 220 g/mol. The Morgan fingerprint density at radius 2 is 1.75 bits per heavy atom. The van der Waals surface area contributed by atoms with Crippen LogP contribution in [0.25, 0.3) is 10.8 Å². The van der Waals surface area contributed by atoms with Crippen LogP contribution in [-0.2, 0) is 0 Å². The number of hydrogen-bond acceptors (Lipinski definition) is 4. The molecule has 2 aromatic rings. The molecule has 0 radical (unpaired) electrons. The van der Waals surface area contributed by atoms with Crippen molar-refractivity contribution in [3.8, 4) is 5.75 Å². The first kappa shape index (κ1) is 11.0. The Kier molecular flexibility index (Phi) is 2.39. The fraction of sp³-hybridized carbons (Fsp3) is 0.167. The molecule has 0 unspecified atom stereocenters. The Morgan fingerprint density at radius 3 is 2.38 bits per heavy atom. The number of phenolic OH excluding ortho intramolecular Hbond substituents is 1. The molecule has 0 bridgehead atoms. The number of hydrogen-bond donors (Lipinski definition) is 4. The minimum absolute atomic E-state index is 0.201. The molecule has 0 saturated carbocycles. The molecule has 84 valence electrons. The molecule has 3 nitrogen and oxygen atoms in total. The highest BCUT2D eigenvalue weighted by Crippen LogP contribution is 2.40. The van der Waals surface area contributed by atoms with Crippen molar-refractivity contribution in [3.05, 3.63) is 23.3 Å². The zero-order chi connectivity index (χ0) is 12.0. The van der Waals surface area contributed by atoms with Crippen LogP contribution < -0.4 is 11.5 Å². The van der Waals surface area contributed by atoms with E-state index in [4.69, 9.17) is 11.5 Å². The fourth-order valence-corrected chi connectivity index (χ4v) is 2.08. The number of anilines is 2. The third kappa shape index (κ3) is 1.38. The van der Waals surface area contributed by atoms with Crippen LogP contribution >= 0.6 is 12.6 Å². The van der Waals surface area contributed by atoms with E-state index < -0.39 is 0 Å². The second-order valence-electron chi connectivity index (χ2n) is 3.99. The van der Waals surface area contributed by atoms with Crippen LogP contribution in [0.2, 0.25) is 0 Å². The summed E-state index contributed by atoms with van der Waals surface area (Å²) >= 11 is 4.25. The van der Waals surface area contributed by atoms with E-state index in [0.29, 0.717) is 21.7 Å². The molecule has 0 fully saturated rings. The van der Waals surface area contributed by atoms with Gasteiger partial charge in [-0.1, -0.05) is 6.07 Å². The number of aromatic hydroxyl groups is 1. The molecule has 0 amide bonds. The van der Waals surface area contributed by atoms with Crippen molar-refractivity contribution in [2.45, 2.75) is 18.7 Å². The van der Waals surface area contributed by atoms with E-state index in [-0.39, 0.29) is 5.75 Å². The van der Waals surface area contributed by atoms with Gasteiger partial charge in [-0.2, -0.15) is 0 Å². The number of nitrogen functional groups attached to an aromatic ring is 2. The zero-order valence-corrected chi connectivity index (χ0v) is 10.1. The zero-order valence-electron chi connectivity index (χ0n) is 9.20. The number of aryl methyl sites for hydroxylation is 1. The summed E-state index contributed by atoms with van der Waals surface area (Å²) in [6.45, 7) is 3.80. The summed E-state index contributed by atoms with van der Waals surface area (Å²) in [6, 6.07) is 3.79. The maximum absolute atomic E-state index is 10.1. The van der Waals surface area contributed by atoms with Gasteiger partial charge in [0.05, 0.1) is 11.4 Å². The molecule has 2 rings (SSSR count). The predicted octanol–water partition coefficient (Wildman–Crippen LogP) is 2.62. The van der Waals surface area contributed by atoms with Gasteiger partial charge in [-0.05, 0) is 36.4 Å². The molecule has 0 aromatic heterocycles. The van der Waals surface area contributed by atoms with Crippen molar-refractivity contribution in [2.75, 3.05) is 11.5 Å². The lowest BCUT2D eigenvalue weighted by Gasteiger charge is -2.13. The summed E-state index contributed by atoms with van der Waals surface area (Å²) < 4.78 is 0. The van der Waals surface area contributed by atoms with Gasteiger partial charge in [-0.25, -0.2) is 0 Å². The van der Waals surface area contributed by atoms with Gasteiger partial charge in [-0.15, -0.1) is 12.6 Å². The van der Waals surface area contributed by atoms with Gasteiger partial charge in [0.15, 0.2) is 0 Å². The predicted molar refractivity (Wildman–Crippen MR) is 71.2 cm³/mol. The van der Waals surface area contributed by atoms with Gasteiger partial charge in [0.25, 0.3) is 0 Å². The first-order valence-electron chi connectivity index (χ1n) is 4.93. The fourth-order valence-electron chi connectivity index (χ4n) is 1.82. The van der Waals surface area contributed by atoms with Crippen LogP contribution in [0.4, 0.5) is 11.4 Å². The van der Waals surface area contributed by atoms with E-state index in [1.54, 1.807) is 0 Å². The number of benzene rings is 2. The molecule has 4 heteroatoms. The average Bonchev–Trinajstić information content (AvgIpc) is 2.23. The monoisotopic (exact) mass is 234 g/mol. The van der Waals surface area contributed by atoms with Gasteiger partial charge in [-0.3, -0.25) is 0 Å². The Hall–Kier alpha value is -1.55. The van der Waals surface area contributed by atoms with E-state index in [1.807, 2.05) is 26.0 Å². The summed E-state index contributed by atoms with van der Waals surface area (Å²) in [6.07, 6.45) is 0. The van der Waals surface area contributed by atoms with Crippen LogP contribution in [0.15, 0.2) is 17.0 Å². The number of nitrogens with two attached hydrogens (primary N) is 2. The van der Waals surface area contributed by atoms with Crippen LogP contribution in [0.5, 0.6) is 5.75 Å². The lowest BCUT2D eigenvalue weighted by molar-refractivity contribution is 0.477. The Bertz CT molecular complexity index is 545. The SMILES string of the molecule is Cc1cc2cc(S)c(N)c(N)c2c(O)c1C. The number of thiol groups is 1. The Labute approximate surface area is 99.5 Å². The quantitative estimate of drug-likeness (QED) is 0.418. The molecule has 0 atom stereocenters. The van der Waals surface area contributed by atoms with E-state index in [0.717, 1.165) is 16.5 Å². The van der Waals surface area contributed by atoms with Crippen molar-refractivity contribution < 1.29 is 5.11 Å². The maximum Gasteiger partial charge on any atom is 0.128 e. The molecule has 5 N–H and O–H groups in total. The van der Waals surface area contributed by atoms with Crippen molar-refractivity contribution in [2.24, 2.45) is 0 Å². The van der Waals surface area contributed by atoms with E-state index in [2.05, 4.69) is 12.6 Å².